The van der Waals surface area contributed by atoms with Gasteiger partial charge in [-0.25, -0.2) is 14.8 Å². The van der Waals surface area contributed by atoms with E-state index in [0.29, 0.717) is 11.9 Å². The van der Waals surface area contributed by atoms with Crippen LogP contribution in [0.5, 0.6) is 0 Å². The van der Waals surface area contributed by atoms with E-state index >= 15 is 0 Å². The van der Waals surface area contributed by atoms with Crippen LogP contribution in [0.2, 0.25) is 0 Å². The Labute approximate surface area is 157 Å². The molecule has 0 radical (unpaired) electrons. The molecule has 0 saturated heterocycles. The van der Waals surface area contributed by atoms with Gasteiger partial charge in [-0.1, -0.05) is 6.92 Å². The van der Waals surface area contributed by atoms with Crippen LogP contribution in [0.25, 0.3) is 0 Å². The number of amides is 1. The van der Waals surface area contributed by atoms with Gasteiger partial charge in [0.05, 0.1) is 11.6 Å². The van der Waals surface area contributed by atoms with Gasteiger partial charge >= 0.3 is 5.97 Å². The fourth-order valence-electron chi connectivity index (χ4n) is 4.21. The molecule has 1 amide bonds. The third-order valence-electron chi connectivity index (χ3n) is 5.53. The number of anilines is 2. The van der Waals surface area contributed by atoms with Gasteiger partial charge in [-0.3, -0.25) is 4.79 Å². The van der Waals surface area contributed by atoms with Crippen LogP contribution in [0.3, 0.4) is 0 Å². The second kappa shape index (κ2) is 6.64. The summed E-state index contributed by atoms with van der Waals surface area (Å²) in [5.74, 6) is 0.0436. The molecule has 1 aliphatic heterocycles. The van der Waals surface area contributed by atoms with Gasteiger partial charge in [-0.2, -0.15) is 0 Å². The lowest BCUT2D eigenvalue weighted by Gasteiger charge is -2.45. The molecule has 140 valence electrons. The smallest absolute Gasteiger partial charge is 0.335 e. The molecular weight excluding hydrogens is 344 g/mol. The number of carbonyl (C=O) groups is 2. The van der Waals surface area contributed by atoms with Crippen molar-refractivity contribution in [1.82, 2.24) is 9.97 Å². The molecule has 2 heterocycles. The number of carbonyl (C=O) groups excluding carboxylic acids is 1. The molecule has 3 atom stereocenters. The first-order valence-corrected chi connectivity index (χ1v) is 9.18. The summed E-state index contributed by atoms with van der Waals surface area (Å²) in [7, 11) is 0. The number of carboxylic acids is 1. The molecule has 1 aliphatic carbocycles. The lowest BCUT2D eigenvalue weighted by Crippen LogP contribution is -2.51. The minimum Gasteiger partial charge on any atom is -0.478 e. The predicted octanol–water partition coefficient (Wildman–Crippen LogP) is 3.11. The molecule has 7 nitrogen and oxygen atoms in total. The number of aromatic carboxylic acids is 1. The number of aromatic nitrogens is 2. The van der Waals surface area contributed by atoms with E-state index in [2.05, 4.69) is 22.2 Å². The predicted molar refractivity (Wildman–Crippen MR) is 101 cm³/mol. The van der Waals surface area contributed by atoms with Crippen LogP contribution in [0, 0.1) is 11.8 Å². The summed E-state index contributed by atoms with van der Waals surface area (Å²) in [4.78, 5) is 34.4. The standard InChI is InChI=1S/C20H22N4O3/c1-11-17(23-20-21-8-3-9-22-20)15-10-14(19(26)27)6-7-16(15)24(12(2)25)18(11)13-4-5-13/h3,6-11,13,17-18H,4-5H2,1-2H3,(H,26,27)(H,21,22,23)/t11-,17?,18?/m1/s1. The molecule has 2 aromatic rings. The highest BCUT2D eigenvalue weighted by atomic mass is 16.4. The summed E-state index contributed by atoms with van der Waals surface area (Å²) < 4.78 is 0. The highest BCUT2D eigenvalue weighted by molar-refractivity contribution is 5.96. The number of nitrogens with one attached hydrogen (secondary N) is 1. The average molecular weight is 366 g/mol. The Morgan fingerprint density at radius 2 is 1.93 bits per heavy atom. The largest absolute Gasteiger partial charge is 0.478 e. The van der Waals surface area contributed by atoms with Crippen LogP contribution >= 0.6 is 0 Å². The highest BCUT2D eigenvalue weighted by Crippen LogP contribution is 2.50. The fourth-order valence-corrected chi connectivity index (χ4v) is 4.21. The van der Waals surface area contributed by atoms with Gasteiger partial charge in [-0.15, -0.1) is 0 Å². The van der Waals surface area contributed by atoms with Crippen molar-refractivity contribution in [3.05, 3.63) is 47.8 Å². The van der Waals surface area contributed by atoms with Crippen LogP contribution in [-0.2, 0) is 4.79 Å². The quantitative estimate of drug-likeness (QED) is 0.863. The maximum Gasteiger partial charge on any atom is 0.335 e. The van der Waals surface area contributed by atoms with Crippen molar-refractivity contribution in [1.29, 1.82) is 0 Å². The van der Waals surface area contributed by atoms with Gasteiger partial charge in [0.15, 0.2) is 0 Å². The number of fused-ring (bicyclic) bond motifs is 1. The maximum atomic E-state index is 12.5. The van der Waals surface area contributed by atoms with Gasteiger partial charge in [0, 0.05) is 37.0 Å². The van der Waals surface area contributed by atoms with Crippen LogP contribution in [0.4, 0.5) is 11.6 Å². The first-order chi connectivity index (χ1) is 13.0. The Hall–Kier alpha value is -2.96. The summed E-state index contributed by atoms with van der Waals surface area (Å²) >= 11 is 0. The molecule has 2 unspecified atom stereocenters. The Morgan fingerprint density at radius 3 is 2.52 bits per heavy atom. The second-order valence-electron chi connectivity index (χ2n) is 7.35. The number of nitrogens with zero attached hydrogens (tertiary/aromatic N) is 3. The Balaban J connectivity index is 1.84. The minimum absolute atomic E-state index is 0.0162. The molecule has 27 heavy (non-hydrogen) atoms. The van der Waals surface area contributed by atoms with Crippen molar-refractivity contribution in [2.24, 2.45) is 11.8 Å². The number of hydrogen-bond donors (Lipinski definition) is 2. The van der Waals surface area contributed by atoms with E-state index in [1.165, 1.54) is 0 Å². The van der Waals surface area contributed by atoms with Gasteiger partial charge in [-0.05, 0) is 48.6 Å². The summed E-state index contributed by atoms with van der Waals surface area (Å²) in [5.41, 5.74) is 1.77. The summed E-state index contributed by atoms with van der Waals surface area (Å²) in [6.45, 7) is 3.68. The van der Waals surface area contributed by atoms with Gasteiger partial charge in [0.25, 0.3) is 0 Å². The fraction of sp³-hybridized carbons (Fsp3) is 0.400. The molecule has 0 bridgehead atoms. The number of rotatable bonds is 4. The third kappa shape index (κ3) is 3.13. The monoisotopic (exact) mass is 366 g/mol. The number of carboxylic acid groups (broad SMARTS) is 1. The van der Waals surface area contributed by atoms with Crippen molar-refractivity contribution in [3.63, 3.8) is 0 Å². The summed E-state index contributed by atoms with van der Waals surface area (Å²) in [6, 6.07) is 6.62. The van der Waals surface area contributed by atoms with Crippen molar-refractivity contribution in [2.75, 3.05) is 10.2 Å². The molecule has 1 aromatic carbocycles. The van der Waals surface area contributed by atoms with Crippen molar-refractivity contribution >= 4 is 23.5 Å². The zero-order valence-electron chi connectivity index (χ0n) is 15.3. The topological polar surface area (TPSA) is 95.4 Å². The molecule has 2 aliphatic rings. The van der Waals surface area contributed by atoms with E-state index in [1.54, 1.807) is 43.6 Å². The Kier molecular flexibility index (Phi) is 4.30. The van der Waals surface area contributed by atoms with E-state index in [4.69, 9.17) is 0 Å². The van der Waals surface area contributed by atoms with E-state index in [9.17, 15) is 14.7 Å². The Morgan fingerprint density at radius 1 is 1.22 bits per heavy atom. The van der Waals surface area contributed by atoms with Crippen LogP contribution < -0.4 is 10.2 Å². The second-order valence-corrected chi connectivity index (χ2v) is 7.35. The summed E-state index contributed by atoms with van der Waals surface area (Å²) in [5, 5.41) is 12.8. The van der Waals surface area contributed by atoms with Crippen LogP contribution in [0.15, 0.2) is 36.7 Å². The average Bonchev–Trinajstić information content (AvgIpc) is 3.48. The molecule has 4 rings (SSSR count). The van der Waals surface area contributed by atoms with Gasteiger partial charge in [0.1, 0.15) is 0 Å². The molecular formula is C20H22N4O3. The maximum absolute atomic E-state index is 12.5. The molecule has 7 heteroatoms. The molecule has 2 N–H and O–H groups in total. The zero-order valence-corrected chi connectivity index (χ0v) is 15.3. The number of hydrogen-bond acceptors (Lipinski definition) is 5. The normalized spacial score (nSPS) is 24.2. The zero-order chi connectivity index (χ0) is 19.1. The first kappa shape index (κ1) is 17.5. The molecule has 1 fully saturated rings. The SMILES string of the molecule is CC(=O)N1c2ccc(C(=O)O)cc2C(Nc2ncccn2)[C@@H](C)C1C1CC1. The number of benzene rings is 1. The van der Waals surface area contributed by atoms with E-state index in [1.807, 2.05) is 4.90 Å². The lowest BCUT2D eigenvalue weighted by molar-refractivity contribution is -0.117. The first-order valence-electron chi connectivity index (χ1n) is 9.18. The Bertz CT molecular complexity index is 882. The molecule has 0 spiro atoms. The van der Waals surface area contributed by atoms with Crippen molar-refractivity contribution < 1.29 is 14.7 Å². The molecule has 1 aromatic heterocycles. The van der Waals surface area contributed by atoms with E-state index in [0.717, 1.165) is 24.1 Å². The molecule has 1 saturated carbocycles. The van der Waals surface area contributed by atoms with E-state index < -0.39 is 5.97 Å². The minimum atomic E-state index is -0.987. The van der Waals surface area contributed by atoms with Gasteiger partial charge < -0.3 is 15.3 Å². The van der Waals surface area contributed by atoms with E-state index in [-0.39, 0.29) is 29.5 Å². The lowest BCUT2D eigenvalue weighted by atomic mass is 9.79. The third-order valence-corrected chi connectivity index (χ3v) is 5.53. The van der Waals surface area contributed by atoms with Crippen LogP contribution in [0.1, 0.15) is 48.7 Å². The van der Waals surface area contributed by atoms with Crippen LogP contribution in [-0.4, -0.2) is 33.0 Å². The van der Waals surface area contributed by atoms with Crippen molar-refractivity contribution in [3.8, 4) is 0 Å². The summed E-state index contributed by atoms with van der Waals surface area (Å²) in [6.07, 6.45) is 5.54. The van der Waals surface area contributed by atoms with Crippen molar-refractivity contribution in [2.45, 2.75) is 38.8 Å². The van der Waals surface area contributed by atoms with Gasteiger partial charge in [0.2, 0.25) is 11.9 Å². The highest BCUT2D eigenvalue weighted by Gasteiger charge is 2.47.